The summed E-state index contributed by atoms with van der Waals surface area (Å²) in [6.45, 7) is 42.5. The molecule has 0 radical (unpaired) electrons. The second kappa shape index (κ2) is 23.1. The molecule has 0 aromatic heterocycles. The van der Waals surface area contributed by atoms with Gasteiger partial charge in [0, 0.05) is 7.11 Å². The summed E-state index contributed by atoms with van der Waals surface area (Å²) in [7, 11) is 3.22. The highest BCUT2D eigenvalue weighted by molar-refractivity contribution is 5.57. The molecular formula is C30H50O2. The van der Waals surface area contributed by atoms with E-state index in [1.54, 1.807) is 14.2 Å². The van der Waals surface area contributed by atoms with Crippen molar-refractivity contribution in [3.63, 3.8) is 0 Å². The van der Waals surface area contributed by atoms with Crippen molar-refractivity contribution in [1.82, 2.24) is 0 Å². The topological polar surface area (TPSA) is 18.5 Å². The van der Waals surface area contributed by atoms with Crippen molar-refractivity contribution in [2.75, 3.05) is 20.8 Å². The molecule has 0 saturated heterocycles. The normalized spacial score (nSPS) is 10.7. The average Bonchev–Trinajstić information content (AvgIpc) is 2.81. The fourth-order valence-electron chi connectivity index (χ4n) is 1.99. The van der Waals surface area contributed by atoms with E-state index in [1.165, 1.54) is 0 Å². The predicted octanol–water partition coefficient (Wildman–Crippen LogP) is 9.49. The van der Waals surface area contributed by atoms with E-state index in [2.05, 4.69) is 39.5 Å². The Labute approximate surface area is 200 Å². The Balaban J connectivity index is -0.000000597. The fraction of sp³-hybridized carbons (Fsp3) is 0.400. The zero-order chi connectivity index (χ0) is 26.4. The van der Waals surface area contributed by atoms with Crippen LogP contribution in [-0.2, 0) is 9.47 Å². The van der Waals surface area contributed by atoms with Gasteiger partial charge in [0.05, 0.1) is 13.7 Å². The van der Waals surface area contributed by atoms with Gasteiger partial charge >= 0.3 is 0 Å². The third-order valence-electron chi connectivity index (χ3n) is 3.99. The molecule has 32 heavy (non-hydrogen) atoms. The average molecular weight is 443 g/mol. The maximum absolute atomic E-state index is 5.32. The highest BCUT2D eigenvalue weighted by Gasteiger charge is 2.09. The molecule has 0 bridgehead atoms. The van der Waals surface area contributed by atoms with E-state index in [9.17, 15) is 0 Å². The lowest BCUT2D eigenvalue weighted by Crippen LogP contribution is -2.01. The molecule has 0 aliphatic heterocycles. The van der Waals surface area contributed by atoms with Crippen molar-refractivity contribution in [3.8, 4) is 0 Å². The van der Waals surface area contributed by atoms with E-state index in [0.717, 1.165) is 44.6 Å². The van der Waals surface area contributed by atoms with Crippen LogP contribution in [0.2, 0.25) is 0 Å². The zero-order valence-corrected chi connectivity index (χ0v) is 23.0. The van der Waals surface area contributed by atoms with Gasteiger partial charge in [-0.15, -0.1) is 0 Å². The first-order valence-electron chi connectivity index (χ1n) is 11.3. The third kappa shape index (κ3) is 16.2. The highest BCUT2D eigenvalue weighted by Crippen LogP contribution is 2.25. The Morgan fingerprint density at radius 1 is 0.625 bits per heavy atom. The van der Waals surface area contributed by atoms with Crippen LogP contribution in [0.25, 0.3) is 0 Å². The molecule has 0 heterocycles. The van der Waals surface area contributed by atoms with Crippen molar-refractivity contribution >= 4 is 0 Å². The lowest BCUT2D eigenvalue weighted by molar-refractivity contribution is 0.227. The van der Waals surface area contributed by atoms with Crippen LogP contribution in [0.3, 0.4) is 0 Å². The molecule has 0 unspecified atom stereocenters. The van der Waals surface area contributed by atoms with Gasteiger partial charge in [0.1, 0.15) is 5.76 Å². The van der Waals surface area contributed by atoms with Crippen LogP contribution in [-0.4, -0.2) is 20.8 Å². The summed E-state index contributed by atoms with van der Waals surface area (Å²) >= 11 is 0. The molecule has 0 spiro atoms. The zero-order valence-electron chi connectivity index (χ0n) is 23.0. The molecule has 0 aromatic carbocycles. The Kier molecular flexibility index (Phi) is 26.5. The quantitative estimate of drug-likeness (QED) is 0.234. The van der Waals surface area contributed by atoms with Gasteiger partial charge in [-0.1, -0.05) is 92.7 Å². The number of rotatable bonds is 11. The van der Waals surface area contributed by atoms with Crippen molar-refractivity contribution < 1.29 is 9.47 Å². The maximum atomic E-state index is 5.32. The van der Waals surface area contributed by atoms with Gasteiger partial charge in [-0.05, 0) is 71.9 Å². The van der Waals surface area contributed by atoms with Crippen LogP contribution in [0.15, 0.2) is 108 Å². The molecule has 0 aliphatic carbocycles. The van der Waals surface area contributed by atoms with Crippen molar-refractivity contribution in [1.29, 1.82) is 0 Å². The Morgan fingerprint density at radius 3 is 1.44 bits per heavy atom. The van der Waals surface area contributed by atoms with E-state index in [0.29, 0.717) is 12.4 Å². The minimum Gasteiger partial charge on any atom is -0.497 e. The van der Waals surface area contributed by atoms with E-state index in [4.69, 9.17) is 9.47 Å². The van der Waals surface area contributed by atoms with Gasteiger partial charge in [0.15, 0.2) is 0 Å². The summed E-state index contributed by atoms with van der Waals surface area (Å²) < 4.78 is 10.4. The first kappa shape index (κ1) is 36.8. The lowest BCUT2D eigenvalue weighted by atomic mass is 9.93. The number of hydrogen-bond donors (Lipinski definition) is 0. The van der Waals surface area contributed by atoms with Crippen molar-refractivity contribution in [3.05, 3.63) is 108 Å². The van der Waals surface area contributed by atoms with Crippen LogP contribution in [0.1, 0.15) is 62.3 Å². The second-order valence-electron chi connectivity index (χ2n) is 6.22. The van der Waals surface area contributed by atoms with Gasteiger partial charge in [0.2, 0.25) is 0 Å². The summed E-state index contributed by atoms with van der Waals surface area (Å²) in [4.78, 5) is 0. The van der Waals surface area contributed by atoms with E-state index in [-0.39, 0.29) is 0 Å². The molecule has 2 nitrogen and oxygen atoms in total. The molecular weight excluding hydrogens is 392 g/mol. The number of allylic oxidation sites excluding steroid dienone is 9. The van der Waals surface area contributed by atoms with Gasteiger partial charge in [0.25, 0.3) is 0 Å². The molecule has 0 aromatic rings. The maximum Gasteiger partial charge on any atom is 0.111 e. The standard InChI is InChI=1S/C24H32O2.3C2H6/c1-16(2)17(3)12-18(4)23(9)24(15-25-10)14-20(6)22(8)19(5)13-21(7)26-11;3*1-2/h12-14H,1,4,6-9,15H2,2-3,5,10-11H3;3*1-2H3/b17-12-,19-13-,24-14-;;;. The largest absolute Gasteiger partial charge is 0.497 e. The Bertz CT molecular complexity index is 722. The lowest BCUT2D eigenvalue weighted by Gasteiger charge is -2.14. The van der Waals surface area contributed by atoms with Crippen LogP contribution < -0.4 is 0 Å². The summed E-state index contributed by atoms with van der Waals surface area (Å²) in [6.07, 6.45) is 5.72. The molecule has 0 atom stereocenters. The minimum atomic E-state index is 0.400. The molecule has 0 fully saturated rings. The highest BCUT2D eigenvalue weighted by atomic mass is 16.5. The monoisotopic (exact) mass is 442 g/mol. The summed E-state index contributed by atoms with van der Waals surface area (Å²) in [5.74, 6) is 0.565. The van der Waals surface area contributed by atoms with E-state index >= 15 is 0 Å². The Hall–Kier alpha value is -2.58. The number of methoxy groups -OCH3 is 2. The third-order valence-corrected chi connectivity index (χ3v) is 3.99. The van der Waals surface area contributed by atoms with Crippen molar-refractivity contribution in [2.24, 2.45) is 0 Å². The molecule has 0 amide bonds. The molecule has 2 heteroatoms. The summed E-state index contributed by atoms with van der Waals surface area (Å²) in [5.41, 5.74) is 7.05. The first-order chi connectivity index (χ1) is 15.0. The summed E-state index contributed by atoms with van der Waals surface area (Å²) in [6, 6.07) is 0. The van der Waals surface area contributed by atoms with Gasteiger partial charge in [-0.25, -0.2) is 0 Å². The molecule has 0 rings (SSSR count). The van der Waals surface area contributed by atoms with Crippen LogP contribution in [0.4, 0.5) is 0 Å². The number of ether oxygens (including phenoxy) is 2. The molecule has 0 N–H and O–H groups in total. The second-order valence-corrected chi connectivity index (χ2v) is 6.22. The first-order valence-corrected chi connectivity index (χ1v) is 11.3. The molecule has 0 aliphatic rings. The molecule has 182 valence electrons. The van der Waals surface area contributed by atoms with Gasteiger partial charge in [-0.2, -0.15) is 0 Å². The van der Waals surface area contributed by atoms with Gasteiger partial charge in [-0.3, -0.25) is 0 Å². The minimum absolute atomic E-state index is 0.400. The van der Waals surface area contributed by atoms with Crippen LogP contribution >= 0.6 is 0 Å². The van der Waals surface area contributed by atoms with Crippen LogP contribution in [0, 0.1) is 0 Å². The fourth-order valence-corrected chi connectivity index (χ4v) is 1.99. The SMILES string of the molecule is C=C(/C=C(/C)C(=C)C(=C)/C=C(/COC)C(=C)C(=C)/C=C(/C)C(=C)C)OC.CC.CC.CC. The van der Waals surface area contributed by atoms with Crippen LogP contribution in [0.5, 0.6) is 0 Å². The smallest absolute Gasteiger partial charge is 0.111 e. The van der Waals surface area contributed by atoms with E-state index < -0.39 is 0 Å². The van der Waals surface area contributed by atoms with Crippen molar-refractivity contribution in [2.45, 2.75) is 62.3 Å². The van der Waals surface area contributed by atoms with E-state index in [1.807, 2.05) is 80.5 Å². The Morgan fingerprint density at radius 2 is 1.06 bits per heavy atom. The van der Waals surface area contributed by atoms with Gasteiger partial charge < -0.3 is 9.47 Å². The number of hydrogen-bond acceptors (Lipinski definition) is 2. The molecule has 0 saturated carbocycles. The summed E-state index contributed by atoms with van der Waals surface area (Å²) in [5, 5.41) is 0. The predicted molar refractivity (Wildman–Crippen MR) is 149 cm³/mol.